The Hall–Kier alpha value is -2.82. The van der Waals surface area contributed by atoms with Crippen LogP contribution in [0.15, 0.2) is 48.5 Å². The number of nitrogens with one attached hydrogen (secondary N) is 1. The van der Waals surface area contributed by atoms with Gasteiger partial charge in [-0.2, -0.15) is 0 Å². The summed E-state index contributed by atoms with van der Waals surface area (Å²) < 4.78 is 0. The molecule has 2 heterocycles. The molecule has 0 unspecified atom stereocenters. The van der Waals surface area contributed by atoms with Gasteiger partial charge in [0, 0.05) is 49.5 Å². The highest BCUT2D eigenvalue weighted by molar-refractivity contribution is 6.04. The van der Waals surface area contributed by atoms with Crippen LogP contribution in [0.1, 0.15) is 48.0 Å². The SMILES string of the molecule is O=C(Nc1ccc(CCC(=O)N2CCCC2)cc1)c1ccc(N2CCCC2)cc1. The topological polar surface area (TPSA) is 52.7 Å². The minimum Gasteiger partial charge on any atom is -0.372 e. The fourth-order valence-corrected chi connectivity index (χ4v) is 4.13. The van der Waals surface area contributed by atoms with Crippen LogP contribution < -0.4 is 10.2 Å². The van der Waals surface area contributed by atoms with Crippen molar-refractivity contribution >= 4 is 23.2 Å². The molecular formula is C24H29N3O2. The van der Waals surface area contributed by atoms with Crippen LogP contribution in [0.25, 0.3) is 0 Å². The largest absolute Gasteiger partial charge is 0.372 e. The van der Waals surface area contributed by atoms with E-state index in [0.717, 1.165) is 56.7 Å². The van der Waals surface area contributed by atoms with Crippen molar-refractivity contribution in [1.82, 2.24) is 4.90 Å². The standard InChI is InChI=1S/C24H29N3O2/c28-23(27-17-3-4-18-27)14-7-19-5-10-21(11-6-19)25-24(29)20-8-12-22(13-9-20)26-15-1-2-16-26/h5-6,8-13H,1-4,7,14-18H2,(H,25,29). The van der Waals surface area contributed by atoms with Crippen molar-refractivity contribution in [2.45, 2.75) is 38.5 Å². The third-order valence-electron chi connectivity index (χ3n) is 5.90. The zero-order valence-electron chi connectivity index (χ0n) is 16.9. The molecule has 152 valence electrons. The number of hydrogen-bond donors (Lipinski definition) is 1. The van der Waals surface area contributed by atoms with Crippen LogP contribution in [0.4, 0.5) is 11.4 Å². The van der Waals surface area contributed by atoms with E-state index in [1.165, 1.54) is 18.5 Å². The molecule has 0 atom stereocenters. The summed E-state index contributed by atoms with van der Waals surface area (Å²) in [6, 6.07) is 15.6. The van der Waals surface area contributed by atoms with Gasteiger partial charge < -0.3 is 15.1 Å². The zero-order chi connectivity index (χ0) is 20.1. The number of likely N-dealkylation sites (tertiary alicyclic amines) is 1. The van der Waals surface area contributed by atoms with Crippen molar-refractivity contribution in [1.29, 1.82) is 0 Å². The second-order valence-electron chi connectivity index (χ2n) is 7.98. The van der Waals surface area contributed by atoms with E-state index in [0.29, 0.717) is 12.0 Å². The Morgan fingerprint density at radius 2 is 1.41 bits per heavy atom. The molecule has 5 nitrogen and oxygen atoms in total. The average molecular weight is 392 g/mol. The normalized spacial score (nSPS) is 16.3. The monoisotopic (exact) mass is 391 g/mol. The van der Waals surface area contributed by atoms with Gasteiger partial charge in [-0.25, -0.2) is 0 Å². The number of rotatable bonds is 6. The van der Waals surface area contributed by atoms with Gasteiger partial charge in [-0.1, -0.05) is 12.1 Å². The van der Waals surface area contributed by atoms with E-state index in [1.54, 1.807) is 0 Å². The first-order valence-corrected chi connectivity index (χ1v) is 10.7. The smallest absolute Gasteiger partial charge is 0.255 e. The number of carbonyl (C=O) groups excluding carboxylic acids is 2. The maximum Gasteiger partial charge on any atom is 0.255 e. The Kier molecular flexibility index (Phi) is 6.13. The fraction of sp³-hybridized carbons (Fsp3) is 0.417. The van der Waals surface area contributed by atoms with Crippen LogP contribution in [0.2, 0.25) is 0 Å². The molecule has 29 heavy (non-hydrogen) atoms. The molecule has 1 N–H and O–H groups in total. The van der Waals surface area contributed by atoms with Crippen molar-refractivity contribution in [2.24, 2.45) is 0 Å². The first kappa shape index (κ1) is 19.5. The van der Waals surface area contributed by atoms with Crippen molar-refractivity contribution in [3.8, 4) is 0 Å². The summed E-state index contributed by atoms with van der Waals surface area (Å²) in [5.74, 6) is 0.146. The van der Waals surface area contributed by atoms with Gasteiger partial charge >= 0.3 is 0 Å². The maximum atomic E-state index is 12.5. The molecule has 2 amide bonds. The molecule has 4 rings (SSSR count). The summed E-state index contributed by atoms with van der Waals surface area (Å²) in [6.45, 7) is 4.01. The van der Waals surface area contributed by atoms with Crippen molar-refractivity contribution < 1.29 is 9.59 Å². The number of amides is 2. The average Bonchev–Trinajstić information content (AvgIpc) is 3.47. The molecule has 0 bridgehead atoms. The van der Waals surface area contributed by atoms with E-state index >= 15 is 0 Å². The number of nitrogens with zero attached hydrogens (tertiary/aromatic N) is 2. The Labute approximate surface area is 172 Å². The van der Waals surface area contributed by atoms with Gasteiger partial charge in [0.15, 0.2) is 0 Å². The minimum absolute atomic E-state index is 0.102. The molecule has 2 fully saturated rings. The molecule has 2 aromatic rings. The number of hydrogen-bond acceptors (Lipinski definition) is 3. The van der Waals surface area contributed by atoms with Gasteiger partial charge in [0.1, 0.15) is 0 Å². The lowest BCUT2D eigenvalue weighted by atomic mass is 10.1. The minimum atomic E-state index is -0.102. The molecule has 2 aromatic carbocycles. The highest BCUT2D eigenvalue weighted by Gasteiger charge is 2.17. The quantitative estimate of drug-likeness (QED) is 0.807. The molecule has 5 heteroatoms. The van der Waals surface area contributed by atoms with Crippen LogP contribution in [0, 0.1) is 0 Å². The van der Waals surface area contributed by atoms with Crippen LogP contribution in [-0.4, -0.2) is 42.9 Å². The lowest BCUT2D eigenvalue weighted by Crippen LogP contribution is -2.27. The number of anilines is 2. The van der Waals surface area contributed by atoms with Gasteiger partial charge in [0.2, 0.25) is 5.91 Å². The van der Waals surface area contributed by atoms with Gasteiger partial charge in [-0.3, -0.25) is 9.59 Å². The molecule has 2 aliphatic rings. The van der Waals surface area contributed by atoms with E-state index in [-0.39, 0.29) is 11.8 Å². The predicted molar refractivity (Wildman–Crippen MR) is 116 cm³/mol. The number of benzene rings is 2. The summed E-state index contributed by atoms with van der Waals surface area (Å²) >= 11 is 0. The van der Waals surface area contributed by atoms with E-state index < -0.39 is 0 Å². The van der Waals surface area contributed by atoms with Crippen molar-refractivity contribution in [3.63, 3.8) is 0 Å². The number of carbonyl (C=O) groups is 2. The van der Waals surface area contributed by atoms with E-state index in [9.17, 15) is 9.59 Å². The lowest BCUT2D eigenvalue weighted by Gasteiger charge is -2.17. The molecule has 0 spiro atoms. The second-order valence-corrected chi connectivity index (χ2v) is 7.98. The Bertz CT molecular complexity index is 833. The third kappa shape index (κ3) is 4.97. The van der Waals surface area contributed by atoms with Gasteiger partial charge in [-0.05, 0) is 74.1 Å². The highest BCUT2D eigenvalue weighted by atomic mass is 16.2. The van der Waals surface area contributed by atoms with Crippen LogP contribution in [0.3, 0.4) is 0 Å². The predicted octanol–water partition coefficient (Wildman–Crippen LogP) is 4.09. The summed E-state index contributed by atoms with van der Waals surface area (Å²) in [5, 5.41) is 2.96. The molecule has 0 aliphatic carbocycles. The lowest BCUT2D eigenvalue weighted by molar-refractivity contribution is -0.130. The summed E-state index contributed by atoms with van der Waals surface area (Å²) in [4.78, 5) is 29.0. The third-order valence-corrected chi connectivity index (χ3v) is 5.90. The molecule has 0 radical (unpaired) electrons. The van der Waals surface area contributed by atoms with E-state index in [1.807, 2.05) is 53.4 Å². The zero-order valence-corrected chi connectivity index (χ0v) is 16.9. The molecule has 2 saturated heterocycles. The molecular weight excluding hydrogens is 362 g/mol. The molecule has 0 saturated carbocycles. The van der Waals surface area contributed by atoms with Crippen LogP contribution in [-0.2, 0) is 11.2 Å². The van der Waals surface area contributed by atoms with Crippen molar-refractivity contribution in [3.05, 3.63) is 59.7 Å². The van der Waals surface area contributed by atoms with Crippen molar-refractivity contribution in [2.75, 3.05) is 36.4 Å². The summed E-state index contributed by atoms with van der Waals surface area (Å²) in [7, 11) is 0. The van der Waals surface area contributed by atoms with E-state index in [2.05, 4.69) is 10.2 Å². The first-order valence-electron chi connectivity index (χ1n) is 10.7. The fourth-order valence-electron chi connectivity index (χ4n) is 4.13. The second kappa shape index (κ2) is 9.12. The van der Waals surface area contributed by atoms with Gasteiger partial charge in [-0.15, -0.1) is 0 Å². The first-order chi connectivity index (χ1) is 14.2. The summed E-state index contributed by atoms with van der Waals surface area (Å²) in [5.41, 5.74) is 3.74. The van der Waals surface area contributed by atoms with Crippen LogP contribution in [0.5, 0.6) is 0 Å². The highest BCUT2D eigenvalue weighted by Crippen LogP contribution is 2.21. The maximum absolute atomic E-state index is 12.5. The Morgan fingerprint density at radius 3 is 2.07 bits per heavy atom. The summed E-state index contributed by atoms with van der Waals surface area (Å²) in [6.07, 6.45) is 6.02. The van der Waals surface area contributed by atoms with E-state index in [4.69, 9.17) is 0 Å². The number of aryl methyl sites for hydroxylation is 1. The van der Waals surface area contributed by atoms with Crippen LogP contribution >= 0.6 is 0 Å². The Morgan fingerprint density at radius 1 is 0.793 bits per heavy atom. The van der Waals surface area contributed by atoms with Gasteiger partial charge in [0.05, 0.1) is 0 Å². The van der Waals surface area contributed by atoms with Gasteiger partial charge in [0.25, 0.3) is 5.91 Å². The molecule has 0 aromatic heterocycles. The Balaban J connectivity index is 1.28. The molecule has 2 aliphatic heterocycles.